The first-order chi connectivity index (χ1) is 8.68. The van der Waals surface area contributed by atoms with E-state index in [1.54, 1.807) is 24.7 Å². The minimum Gasteiger partial charge on any atom is -0.491 e. The van der Waals surface area contributed by atoms with Crippen molar-refractivity contribution in [2.45, 2.75) is 13.5 Å². The molecule has 2 aromatic rings. The highest BCUT2D eigenvalue weighted by molar-refractivity contribution is 5.91. The molecule has 5 nitrogen and oxygen atoms in total. The van der Waals surface area contributed by atoms with Gasteiger partial charge in [-0.2, -0.15) is 0 Å². The Balaban J connectivity index is 2.06. The third kappa shape index (κ3) is 2.68. The number of para-hydroxylation sites is 1. The van der Waals surface area contributed by atoms with Gasteiger partial charge in [0.05, 0.1) is 12.9 Å². The van der Waals surface area contributed by atoms with Gasteiger partial charge in [-0.25, -0.2) is 9.78 Å². The molecule has 0 unspecified atom stereocenters. The third-order valence-electron chi connectivity index (χ3n) is 2.60. The SMILES string of the molecule is Cc1cccc(C(=O)O)c1OCCn1ccnc1. The van der Waals surface area contributed by atoms with E-state index in [2.05, 4.69) is 4.98 Å². The minimum atomic E-state index is -0.976. The summed E-state index contributed by atoms with van der Waals surface area (Å²) in [7, 11) is 0. The smallest absolute Gasteiger partial charge is 0.339 e. The van der Waals surface area contributed by atoms with Crippen LogP contribution in [0, 0.1) is 6.92 Å². The number of aryl methyl sites for hydroxylation is 1. The normalized spacial score (nSPS) is 10.3. The van der Waals surface area contributed by atoms with E-state index in [9.17, 15) is 4.79 Å². The molecule has 0 spiro atoms. The zero-order valence-electron chi connectivity index (χ0n) is 10.0. The Kier molecular flexibility index (Phi) is 3.62. The highest BCUT2D eigenvalue weighted by atomic mass is 16.5. The molecule has 0 aliphatic rings. The molecule has 1 aromatic heterocycles. The lowest BCUT2D eigenvalue weighted by atomic mass is 10.1. The molecule has 5 heteroatoms. The number of rotatable bonds is 5. The van der Waals surface area contributed by atoms with Crippen LogP contribution in [0.1, 0.15) is 15.9 Å². The zero-order valence-corrected chi connectivity index (χ0v) is 10.0. The fourth-order valence-electron chi connectivity index (χ4n) is 1.68. The van der Waals surface area contributed by atoms with Gasteiger partial charge in [-0.05, 0) is 18.6 Å². The molecule has 0 bridgehead atoms. The van der Waals surface area contributed by atoms with Crippen LogP contribution in [-0.2, 0) is 6.54 Å². The number of carboxylic acids is 1. The molecule has 0 aliphatic carbocycles. The van der Waals surface area contributed by atoms with Gasteiger partial charge in [0.1, 0.15) is 17.9 Å². The van der Waals surface area contributed by atoms with Crippen molar-refractivity contribution in [3.05, 3.63) is 48.0 Å². The fraction of sp³-hybridized carbons (Fsp3) is 0.231. The summed E-state index contributed by atoms with van der Waals surface area (Å²) in [5.74, 6) is -0.540. The molecule has 0 radical (unpaired) electrons. The van der Waals surface area contributed by atoms with Crippen molar-refractivity contribution in [1.29, 1.82) is 0 Å². The number of imidazole rings is 1. The number of benzene rings is 1. The first-order valence-electron chi connectivity index (χ1n) is 5.60. The first-order valence-corrected chi connectivity index (χ1v) is 5.60. The van der Waals surface area contributed by atoms with Crippen LogP contribution in [0.15, 0.2) is 36.9 Å². The van der Waals surface area contributed by atoms with Crippen LogP contribution in [0.4, 0.5) is 0 Å². The summed E-state index contributed by atoms with van der Waals surface area (Å²) in [6.45, 7) is 2.87. The number of hydrogen-bond acceptors (Lipinski definition) is 3. The van der Waals surface area contributed by atoms with E-state index in [0.29, 0.717) is 18.9 Å². The van der Waals surface area contributed by atoms with Crippen molar-refractivity contribution in [2.24, 2.45) is 0 Å². The van der Waals surface area contributed by atoms with Gasteiger partial charge in [0.25, 0.3) is 0 Å². The minimum absolute atomic E-state index is 0.195. The Morgan fingerprint density at radius 3 is 3.00 bits per heavy atom. The lowest BCUT2D eigenvalue weighted by molar-refractivity contribution is 0.0692. The van der Waals surface area contributed by atoms with E-state index >= 15 is 0 Å². The van der Waals surface area contributed by atoms with Crippen LogP contribution in [0.3, 0.4) is 0 Å². The number of hydrogen-bond donors (Lipinski definition) is 1. The van der Waals surface area contributed by atoms with Crippen LogP contribution in [0.2, 0.25) is 0 Å². The first kappa shape index (κ1) is 12.2. The molecule has 0 atom stereocenters. The Morgan fingerprint density at radius 1 is 1.50 bits per heavy atom. The summed E-state index contributed by atoms with van der Waals surface area (Å²) in [6.07, 6.45) is 5.22. The van der Waals surface area contributed by atoms with Crippen molar-refractivity contribution in [3.63, 3.8) is 0 Å². The summed E-state index contributed by atoms with van der Waals surface area (Å²) < 4.78 is 7.45. The van der Waals surface area contributed by atoms with Gasteiger partial charge in [-0.1, -0.05) is 12.1 Å². The number of carbonyl (C=O) groups is 1. The van der Waals surface area contributed by atoms with Gasteiger partial charge >= 0.3 is 5.97 Å². The Hall–Kier alpha value is -2.30. The predicted octanol–water partition coefficient (Wildman–Crippen LogP) is 1.97. The number of ether oxygens (including phenoxy) is 1. The molecule has 0 saturated carbocycles. The predicted molar refractivity (Wildman–Crippen MR) is 65.9 cm³/mol. The molecular formula is C13H14N2O3. The molecule has 1 aromatic carbocycles. The van der Waals surface area contributed by atoms with E-state index in [0.717, 1.165) is 5.56 Å². The van der Waals surface area contributed by atoms with E-state index in [4.69, 9.17) is 9.84 Å². The standard InChI is InChI=1S/C13H14N2O3/c1-10-3-2-4-11(13(16)17)12(10)18-8-7-15-6-5-14-9-15/h2-6,9H,7-8H2,1H3,(H,16,17). The quantitative estimate of drug-likeness (QED) is 0.876. The zero-order chi connectivity index (χ0) is 13.0. The van der Waals surface area contributed by atoms with Gasteiger partial charge in [-0.3, -0.25) is 0 Å². The van der Waals surface area contributed by atoms with Gasteiger partial charge in [-0.15, -0.1) is 0 Å². The third-order valence-corrected chi connectivity index (χ3v) is 2.60. The highest BCUT2D eigenvalue weighted by Crippen LogP contribution is 2.23. The van der Waals surface area contributed by atoms with Crippen LogP contribution in [0.5, 0.6) is 5.75 Å². The Bertz CT molecular complexity index is 535. The van der Waals surface area contributed by atoms with E-state index < -0.39 is 5.97 Å². The van der Waals surface area contributed by atoms with Crippen molar-refractivity contribution in [1.82, 2.24) is 9.55 Å². The maximum absolute atomic E-state index is 11.1. The molecular weight excluding hydrogens is 232 g/mol. The highest BCUT2D eigenvalue weighted by Gasteiger charge is 2.12. The molecule has 0 fully saturated rings. The van der Waals surface area contributed by atoms with Crippen molar-refractivity contribution < 1.29 is 14.6 Å². The maximum atomic E-state index is 11.1. The second-order valence-electron chi connectivity index (χ2n) is 3.91. The number of aromatic carboxylic acids is 1. The molecule has 1 heterocycles. The van der Waals surface area contributed by atoms with E-state index in [-0.39, 0.29) is 5.56 Å². The largest absolute Gasteiger partial charge is 0.491 e. The van der Waals surface area contributed by atoms with Crippen molar-refractivity contribution in [2.75, 3.05) is 6.61 Å². The average Bonchev–Trinajstić information content (AvgIpc) is 2.84. The van der Waals surface area contributed by atoms with E-state index in [1.165, 1.54) is 0 Å². The second-order valence-corrected chi connectivity index (χ2v) is 3.91. The molecule has 18 heavy (non-hydrogen) atoms. The van der Waals surface area contributed by atoms with Crippen LogP contribution < -0.4 is 4.74 Å². The molecule has 2 rings (SSSR count). The molecule has 0 aliphatic heterocycles. The van der Waals surface area contributed by atoms with E-state index in [1.807, 2.05) is 23.8 Å². The molecule has 0 saturated heterocycles. The van der Waals surface area contributed by atoms with Crippen molar-refractivity contribution in [3.8, 4) is 5.75 Å². The topological polar surface area (TPSA) is 64.3 Å². The monoisotopic (exact) mass is 246 g/mol. The lowest BCUT2D eigenvalue weighted by Gasteiger charge is -2.12. The second kappa shape index (κ2) is 5.35. The summed E-state index contributed by atoms with van der Waals surface area (Å²) in [5.41, 5.74) is 1.01. The Labute approximate surface area is 105 Å². The number of carboxylic acid groups (broad SMARTS) is 1. The van der Waals surface area contributed by atoms with Crippen LogP contribution in [-0.4, -0.2) is 27.2 Å². The lowest BCUT2D eigenvalue weighted by Crippen LogP contribution is -2.10. The van der Waals surface area contributed by atoms with Gasteiger partial charge < -0.3 is 14.4 Å². The van der Waals surface area contributed by atoms with Crippen molar-refractivity contribution >= 4 is 5.97 Å². The molecule has 1 N–H and O–H groups in total. The van der Waals surface area contributed by atoms with Crippen LogP contribution in [0.25, 0.3) is 0 Å². The van der Waals surface area contributed by atoms with Gasteiger partial charge in [0.15, 0.2) is 0 Å². The van der Waals surface area contributed by atoms with Crippen LogP contribution >= 0.6 is 0 Å². The summed E-state index contributed by atoms with van der Waals surface area (Å²) in [5, 5.41) is 9.08. The average molecular weight is 246 g/mol. The van der Waals surface area contributed by atoms with Gasteiger partial charge in [0, 0.05) is 12.4 Å². The maximum Gasteiger partial charge on any atom is 0.339 e. The summed E-state index contributed by atoms with van der Waals surface area (Å²) in [4.78, 5) is 15.0. The fourth-order valence-corrected chi connectivity index (χ4v) is 1.68. The molecule has 0 amide bonds. The number of aromatic nitrogens is 2. The van der Waals surface area contributed by atoms with Gasteiger partial charge in [0.2, 0.25) is 0 Å². The molecule has 94 valence electrons. The Morgan fingerprint density at radius 2 is 2.33 bits per heavy atom. The summed E-state index contributed by atoms with van der Waals surface area (Å²) in [6, 6.07) is 5.09. The summed E-state index contributed by atoms with van der Waals surface area (Å²) >= 11 is 0. The number of nitrogens with zero attached hydrogens (tertiary/aromatic N) is 2.